The number of aromatic nitrogens is 1. The molecule has 1 atom stereocenters. The van der Waals surface area contributed by atoms with Crippen molar-refractivity contribution in [1.29, 1.82) is 0 Å². The minimum atomic E-state index is -0.00183. The Morgan fingerprint density at radius 2 is 2.22 bits per heavy atom. The molecule has 1 aliphatic heterocycles. The molecule has 0 saturated carbocycles. The summed E-state index contributed by atoms with van der Waals surface area (Å²) in [7, 11) is 0. The number of halogens is 1. The molecule has 1 amide bonds. The normalized spacial score (nSPS) is 17.3. The van der Waals surface area contributed by atoms with Crippen LogP contribution in [0.3, 0.4) is 0 Å². The van der Waals surface area contributed by atoms with Crippen LogP contribution in [0.25, 0.3) is 10.1 Å². The lowest BCUT2D eigenvalue weighted by Gasteiger charge is -2.33. The lowest BCUT2D eigenvalue weighted by Crippen LogP contribution is -2.43. The number of aryl methyl sites for hydroxylation is 1. The van der Waals surface area contributed by atoms with E-state index in [1.165, 1.54) is 15.0 Å². The number of hydrogen-bond acceptors (Lipinski definition) is 4. The van der Waals surface area contributed by atoms with Gasteiger partial charge in [-0.3, -0.25) is 4.79 Å². The molecule has 0 aliphatic carbocycles. The zero-order valence-corrected chi connectivity index (χ0v) is 17.6. The molecule has 1 aliphatic rings. The van der Waals surface area contributed by atoms with Crippen molar-refractivity contribution >= 4 is 49.1 Å². The molecule has 0 unspecified atom stereocenters. The topological polar surface area (TPSA) is 45.2 Å². The van der Waals surface area contributed by atoms with Gasteiger partial charge >= 0.3 is 0 Å². The smallest absolute Gasteiger partial charge is 0.225 e. The van der Waals surface area contributed by atoms with Gasteiger partial charge in [0.25, 0.3) is 0 Å². The van der Waals surface area contributed by atoms with E-state index in [-0.39, 0.29) is 11.8 Å². The van der Waals surface area contributed by atoms with Crippen LogP contribution in [-0.2, 0) is 11.3 Å². The number of benzene rings is 1. The third-order valence-corrected chi connectivity index (χ3v) is 6.84. The summed E-state index contributed by atoms with van der Waals surface area (Å²) < 4.78 is 2.29. The summed E-state index contributed by atoms with van der Waals surface area (Å²) in [6.45, 7) is 4.36. The van der Waals surface area contributed by atoms with Gasteiger partial charge in [0.2, 0.25) is 5.91 Å². The van der Waals surface area contributed by atoms with Gasteiger partial charge in [0, 0.05) is 45.3 Å². The second kappa shape index (κ2) is 7.98. The summed E-state index contributed by atoms with van der Waals surface area (Å²) in [4.78, 5) is 21.0. The monoisotopic (exact) mass is 443 g/mol. The number of piperidine rings is 1. The molecular formula is C21H22BrN3OS. The van der Waals surface area contributed by atoms with Gasteiger partial charge in [-0.25, -0.2) is 4.98 Å². The molecule has 3 aromatic rings. The number of pyridine rings is 1. The summed E-state index contributed by atoms with van der Waals surface area (Å²) in [5.74, 6) is 1.14. The van der Waals surface area contributed by atoms with Crippen molar-refractivity contribution in [3.63, 3.8) is 0 Å². The number of rotatable bonds is 4. The molecule has 27 heavy (non-hydrogen) atoms. The van der Waals surface area contributed by atoms with Crippen LogP contribution in [0.5, 0.6) is 0 Å². The maximum absolute atomic E-state index is 12.8. The number of fused-ring (bicyclic) bond motifs is 1. The minimum Gasteiger partial charge on any atom is -0.355 e. The van der Waals surface area contributed by atoms with E-state index in [0.717, 1.165) is 41.8 Å². The molecule has 0 spiro atoms. The fraction of sp³-hybridized carbons (Fsp3) is 0.333. The van der Waals surface area contributed by atoms with Crippen molar-refractivity contribution in [3.05, 3.63) is 57.5 Å². The number of nitrogens with one attached hydrogen (secondary N) is 1. The van der Waals surface area contributed by atoms with Crippen LogP contribution in [0, 0.1) is 12.8 Å². The first kappa shape index (κ1) is 18.4. The van der Waals surface area contributed by atoms with E-state index in [1.807, 2.05) is 30.5 Å². The van der Waals surface area contributed by atoms with E-state index < -0.39 is 0 Å². The van der Waals surface area contributed by atoms with E-state index in [0.29, 0.717) is 6.54 Å². The van der Waals surface area contributed by atoms with Crippen LogP contribution in [-0.4, -0.2) is 24.0 Å². The van der Waals surface area contributed by atoms with E-state index in [1.54, 1.807) is 11.3 Å². The quantitative estimate of drug-likeness (QED) is 0.623. The lowest BCUT2D eigenvalue weighted by atomic mass is 9.96. The Bertz CT molecular complexity index is 971. The lowest BCUT2D eigenvalue weighted by molar-refractivity contribution is -0.125. The summed E-state index contributed by atoms with van der Waals surface area (Å²) in [6.07, 6.45) is 3.81. The van der Waals surface area contributed by atoms with Crippen molar-refractivity contribution in [1.82, 2.24) is 10.3 Å². The zero-order valence-electron chi connectivity index (χ0n) is 15.2. The highest BCUT2D eigenvalue weighted by Crippen LogP contribution is 2.33. The standard InChI is InChI=1S/C21H22BrN3OS/c1-14-11-17-19(27-14)8-9-23-20(17)25-10-4-6-16(13-25)21(26)24-12-15-5-2-3-7-18(15)22/h2-3,5,7-9,11,16H,4,6,10,12-13H2,1H3,(H,24,26)/t16-/m1/s1. The van der Waals surface area contributed by atoms with Gasteiger partial charge in [0.05, 0.1) is 5.92 Å². The van der Waals surface area contributed by atoms with Crippen molar-refractivity contribution in [2.24, 2.45) is 5.92 Å². The fourth-order valence-corrected chi connectivity index (χ4v) is 5.02. The van der Waals surface area contributed by atoms with E-state index in [2.05, 4.69) is 50.2 Å². The average molecular weight is 444 g/mol. The third-order valence-electron chi connectivity index (χ3n) is 5.05. The number of hydrogen-bond donors (Lipinski definition) is 1. The molecular weight excluding hydrogens is 422 g/mol. The van der Waals surface area contributed by atoms with Gasteiger partial charge in [-0.15, -0.1) is 11.3 Å². The Labute approximate surface area is 171 Å². The van der Waals surface area contributed by atoms with Gasteiger partial charge in [-0.1, -0.05) is 34.1 Å². The Morgan fingerprint density at radius 1 is 1.37 bits per heavy atom. The predicted octanol–water partition coefficient (Wildman–Crippen LogP) is 4.90. The molecule has 140 valence electrons. The first-order valence-electron chi connectivity index (χ1n) is 9.23. The van der Waals surface area contributed by atoms with E-state index >= 15 is 0 Å². The number of anilines is 1. The first-order valence-corrected chi connectivity index (χ1v) is 10.8. The Morgan fingerprint density at radius 3 is 3.07 bits per heavy atom. The predicted molar refractivity (Wildman–Crippen MR) is 115 cm³/mol. The third kappa shape index (κ3) is 4.01. The van der Waals surface area contributed by atoms with Crippen LogP contribution in [0.2, 0.25) is 0 Å². The van der Waals surface area contributed by atoms with Gasteiger partial charge < -0.3 is 10.2 Å². The summed E-state index contributed by atoms with van der Waals surface area (Å²) in [5, 5.41) is 4.31. The summed E-state index contributed by atoms with van der Waals surface area (Å²) in [6, 6.07) is 12.3. The SMILES string of the molecule is Cc1cc2c(N3CCC[C@@H](C(=O)NCc4ccccc4Br)C3)nccc2s1. The molecule has 4 nitrogen and oxygen atoms in total. The Balaban J connectivity index is 1.46. The molecule has 2 aromatic heterocycles. The Kier molecular flexibility index (Phi) is 5.45. The van der Waals surface area contributed by atoms with Crippen LogP contribution < -0.4 is 10.2 Å². The second-order valence-electron chi connectivity index (χ2n) is 7.00. The highest BCUT2D eigenvalue weighted by atomic mass is 79.9. The second-order valence-corrected chi connectivity index (χ2v) is 9.14. The maximum Gasteiger partial charge on any atom is 0.225 e. The van der Waals surface area contributed by atoms with Crippen LogP contribution in [0.4, 0.5) is 5.82 Å². The molecule has 1 N–H and O–H groups in total. The average Bonchev–Trinajstić information content (AvgIpc) is 3.07. The van der Waals surface area contributed by atoms with E-state index in [9.17, 15) is 4.79 Å². The van der Waals surface area contributed by atoms with Crippen molar-refractivity contribution < 1.29 is 4.79 Å². The molecule has 3 heterocycles. The summed E-state index contributed by atoms with van der Waals surface area (Å²) in [5.41, 5.74) is 1.10. The number of amides is 1. The van der Waals surface area contributed by atoms with Gasteiger partial charge in [-0.2, -0.15) is 0 Å². The largest absolute Gasteiger partial charge is 0.355 e. The molecule has 1 fully saturated rings. The van der Waals surface area contributed by atoms with Crippen LogP contribution in [0.15, 0.2) is 47.1 Å². The van der Waals surface area contributed by atoms with Crippen molar-refractivity contribution in [3.8, 4) is 0 Å². The molecule has 6 heteroatoms. The van der Waals surface area contributed by atoms with E-state index in [4.69, 9.17) is 0 Å². The molecule has 0 radical (unpaired) electrons. The number of carbonyl (C=O) groups is 1. The van der Waals surface area contributed by atoms with Gasteiger partial charge in [0.15, 0.2) is 0 Å². The zero-order chi connectivity index (χ0) is 18.8. The number of nitrogens with zero attached hydrogens (tertiary/aromatic N) is 2. The van der Waals surface area contributed by atoms with Crippen molar-refractivity contribution in [2.45, 2.75) is 26.3 Å². The van der Waals surface area contributed by atoms with Crippen molar-refractivity contribution in [2.75, 3.05) is 18.0 Å². The number of carbonyl (C=O) groups excluding carboxylic acids is 1. The Hall–Kier alpha value is -1.92. The maximum atomic E-state index is 12.8. The molecule has 4 rings (SSSR count). The fourth-order valence-electron chi connectivity index (χ4n) is 3.68. The van der Waals surface area contributed by atoms with Crippen LogP contribution in [0.1, 0.15) is 23.3 Å². The van der Waals surface area contributed by atoms with Gasteiger partial charge in [-0.05, 0) is 43.5 Å². The molecule has 1 aromatic carbocycles. The van der Waals surface area contributed by atoms with Crippen LogP contribution >= 0.6 is 27.3 Å². The minimum absolute atomic E-state index is 0.00183. The summed E-state index contributed by atoms with van der Waals surface area (Å²) >= 11 is 5.33. The van der Waals surface area contributed by atoms with Gasteiger partial charge in [0.1, 0.15) is 5.82 Å². The first-order chi connectivity index (χ1) is 13.1. The highest BCUT2D eigenvalue weighted by Gasteiger charge is 2.27. The highest BCUT2D eigenvalue weighted by molar-refractivity contribution is 9.10. The molecule has 1 saturated heterocycles. The number of thiophene rings is 1. The molecule has 0 bridgehead atoms.